The van der Waals surface area contributed by atoms with E-state index in [-0.39, 0.29) is 6.03 Å². The minimum absolute atomic E-state index is 0.0618. The van der Waals surface area contributed by atoms with Gasteiger partial charge in [-0.05, 0) is 38.0 Å². The molecule has 0 aromatic carbocycles. The summed E-state index contributed by atoms with van der Waals surface area (Å²) in [6, 6.07) is 5.83. The molecule has 134 valence electrons. The van der Waals surface area contributed by atoms with Gasteiger partial charge in [-0.25, -0.2) is 9.78 Å². The SMILES string of the molecule is Cc1ccc(NC(=O)N2CCC(c3ccn(C)n3)CC2)c(N(C)C)n1. The monoisotopic (exact) mass is 342 g/mol. The fourth-order valence-electron chi connectivity index (χ4n) is 3.20. The van der Waals surface area contributed by atoms with Crippen LogP contribution in [0.15, 0.2) is 24.4 Å². The molecule has 0 atom stereocenters. The standard InChI is InChI=1S/C18H26N6O/c1-13-5-6-16(17(19-13)22(2)3)20-18(25)24-11-7-14(8-12-24)15-9-10-23(4)21-15/h5-6,9-10,14H,7-8,11-12H2,1-4H3,(H,20,25). The number of likely N-dealkylation sites (tertiary alicyclic amines) is 1. The molecule has 3 rings (SSSR count). The highest BCUT2D eigenvalue weighted by molar-refractivity contribution is 5.92. The second kappa shape index (κ2) is 7.13. The zero-order valence-corrected chi connectivity index (χ0v) is 15.4. The minimum Gasteiger partial charge on any atom is -0.361 e. The Bertz CT molecular complexity index is 746. The summed E-state index contributed by atoms with van der Waals surface area (Å²) in [5.74, 6) is 1.21. The van der Waals surface area contributed by atoms with Gasteiger partial charge in [0.15, 0.2) is 5.82 Å². The molecular weight excluding hydrogens is 316 g/mol. The van der Waals surface area contributed by atoms with Crippen LogP contribution in [0.1, 0.15) is 30.1 Å². The van der Waals surface area contributed by atoms with E-state index in [4.69, 9.17) is 0 Å². The van der Waals surface area contributed by atoms with Gasteiger partial charge < -0.3 is 15.1 Å². The number of nitrogens with zero attached hydrogens (tertiary/aromatic N) is 5. The predicted octanol–water partition coefficient (Wildman–Crippen LogP) is 2.60. The van der Waals surface area contributed by atoms with Gasteiger partial charge in [0.25, 0.3) is 0 Å². The van der Waals surface area contributed by atoms with Crippen LogP contribution in [-0.2, 0) is 7.05 Å². The lowest BCUT2D eigenvalue weighted by Gasteiger charge is -2.31. The number of rotatable bonds is 3. The summed E-state index contributed by atoms with van der Waals surface area (Å²) >= 11 is 0. The van der Waals surface area contributed by atoms with Crippen molar-refractivity contribution in [3.8, 4) is 0 Å². The number of carbonyl (C=O) groups excluding carboxylic acids is 1. The smallest absolute Gasteiger partial charge is 0.321 e. The maximum Gasteiger partial charge on any atom is 0.321 e. The molecule has 0 radical (unpaired) electrons. The van der Waals surface area contributed by atoms with Crippen molar-refractivity contribution < 1.29 is 4.79 Å². The summed E-state index contributed by atoms with van der Waals surface area (Å²) in [6.45, 7) is 3.42. The van der Waals surface area contributed by atoms with Crippen LogP contribution in [0.4, 0.5) is 16.3 Å². The Kier molecular flexibility index (Phi) is 4.92. The number of aryl methyl sites for hydroxylation is 2. The fraction of sp³-hybridized carbons (Fsp3) is 0.500. The number of piperidine rings is 1. The van der Waals surface area contributed by atoms with E-state index in [1.54, 1.807) is 0 Å². The van der Waals surface area contributed by atoms with E-state index in [9.17, 15) is 4.79 Å². The van der Waals surface area contributed by atoms with Crippen LogP contribution in [0, 0.1) is 6.92 Å². The molecule has 2 aromatic heterocycles. The third kappa shape index (κ3) is 3.92. The highest BCUT2D eigenvalue weighted by Gasteiger charge is 2.25. The van der Waals surface area contributed by atoms with E-state index >= 15 is 0 Å². The number of hydrogen-bond donors (Lipinski definition) is 1. The summed E-state index contributed by atoms with van der Waals surface area (Å²) in [4.78, 5) is 20.9. The van der Waals surface area contributed by atoms with E-state index < -0.39 is 0 Å². The molecule has 0 saturated carbocycles. The summed E-state index contributed by atoms with van der Waals surface area (Å²) in [5.41, 5.74) is 2.80. The van der Waals surface area contributed by atoms with Crippen molar-refractivity contribution in [2.45, 2.75) is 25.7 Å². The number of hydrogen-bond acceptors (Lipinski definition) is 4. The summed E-state index contributed by atoms with van der Waals surface area (Å²) in [7, 11) is 5.79. The van der Waals surface area contributed by atoms with E-state index in [1.807, 2.05) is 60.9 Å². The largest absolute Gasteiger partial charge is 0.361 e. The summed E-state index contributed by atoms with van der Waals surface area (Å²) < 4.78 is 1.83. The second-order valence-electron chi connectivity index (χ2n) is 6.82. The van der Waals surface area contributed by atoms with Gasteiger partial charge in [-0.2, -0.15) is 5.10 Å². The minimum atomic E-state index is -0.0618. The molecule has 1 fully saturated rings. The summed E-state index contributed by atoms with van der Waals surface area (Å²) in [6.07, 6.45) is 3.86. The molecule has 1 N–H and O–H groups in total. The van der Waals surface area contributed by atoms with Crippen molar-refractivity contribution >= 4 is 17.5 Å². The Morgan fingerprint density at radius 1 is 1.24 bits per heavy atom. The number of anilines is 2. The fourth-order valence-corrected chi connectivity index (χ4v) is 3.20. The Labute approximate surface area is 148 Å². The van der Waals surface area contributed by atoms with Crippen molar-refractivity contribution in [3.05, 3.63) is 35.8 Å². The topological polar surface area (TPSA) is 66.3 Å². The Morgan fingerprint density at radius 3 is 2.56 bits per heavy atom. The van der Waals surface area contributed by atoms with Gasteiger partial charge in [0.05, 0.1) is 11.4 Å². The van der Waals surface area contributed by atoms with Crippen molar-refractivity contribution in [1.29, 1.82) is 0 Å². The second-order valence-corrected chi connectivity index (χ2v) is 6.82. The van der Waals surface area contributed by atoms with Gasteiger partial charge in [0.1, 0.15) is 0 Å². The summed E-state index contributed by atoms with van der Waals surface area (Å²) in [5, 5.41) is 7.51. The number of nitrogens with one attached hydrogen (secondary N) is 1. The van der Waals surface area contributed by atoms with Crippen LogP contribution in [0.3, 0.4) is 0 Å². The molecule has 1 aliphatic heterocycles. The Balaban J connectivity index is 1.62. The molecule has 0 aliphatic carbocycles. The molecule has 3 heterocycles. The number of urea groups is 1. The molecule has 0 bridgehead atoms. The van der Waals surface area contributed by atoms with E-state index in [1.165, 1.54) is 0 Å². The maximum absolute atomic E-state index is 12.6. The van der Waals surface area contributed by atoms with Gasteiger partial charge in [0, 0.05) is 52.0 Å². The van der Waals surface area contributed by atoms with Gasteiger partial charge in [0.2, 0.25) is 0 Å². The van der Waals surface area contributed by atoms with E-state index in [0.717, 1.165) is 48.8 Å². The van der Waals surface area contributed by atoms with Crippen molar-refractivity contribution in [2.75, 3.05) is 37.4 Å². The average Bonchev–Trinajstić information content (AvgIpc) is 3.03. The van der Waals surface area contributed by atoms with Gasteiger partial charge in [-0.1, -0.05) is 0 Å². The molecule has 0 unspecified atom stereocenters. The molecular formula is C18H26N6O. The van der Waals surface area contributed by atoms with Crippen LogP contribution < -0.4 is 10.2 Å². The molecule has 2 amide bonds. The zero-order valence-electron chi connectivity index (χ0n) is 15.4. The number of aromatic nitrogens is 3. The lowest BCUT2D eigenvalue weighted by Crippen LogP contribution is -2.40. The lowest BCUT2D eigenvalue weighted by atomic mass is 9.94. The predicted molar refractivity (Wildman–Crippen MR) is 99.1 cm³/mol. The van der Waals surface area contributed by atoms with Crippen LogP contribution in [0.2, 0.25) is 0 Å². The van der Waals surface area contributed by atoms with Crippen molar-refractivity contribution in [1.82, 2.24) is 19.7 Å². The molecule has 1 aliphatic rings. The molecule has 25 heavy (non-hydrogen) atoms. The van der Waals surface area contributed by atoms with E-state index in [0.29, 0.717) is 5.92 Å². The van der Waals surface area contributed by atoms with Crippen LogP contribution in [0.5, 0.6) is 0 Å². The molecule has 7 nitrogen and oxygen atoms in total. The third-order valence-electron chi connectivity index (χ3n) is 4.61. The first-order valence-corrected chi connectivity index (χ1v) is 8.64. The van der Waals surface area contributed by atoms with Crippen molar-refractivity contribution in [2.24, 2.45) is 7.05 Å². The first-order valence-electron chi connectivity index (χ1n) is 8.64. The highest BCUT2D eigenvalue weighted by atomic mass is 16.2. The van der Waals surface area contributed by atoms with Crippen LogP contribution in [-0.4, -0.2) is 52.9 Å². The number of carbonyl (C=O) groups is 1. The first-order chi connectivity index (χ1) is 11.9. The molecule has 1 saturated heterocycles. The Hall–Kier alpha value is -2.57. The number of amides is 2. The van der Waals surface area contributed by atoms with Gasteiger partial charge in [-0.15, -0.1) is 0 Å². The highest BCUT2D eigenvalue weighted by Crippen LogP contribution is 2.28. The van der Waals surface area contributed by atoms with E-state index in [2.05, 4.69) is 21.5 Å². The lowest BCUT2D eigenvalue weighted by molar-refractivity contribution is 0.194. The van der Waals surface area contributed by atoms with Crippen LogP contribution >= 0.6 is 0 Å². The molecule has 0 spiro atoms. The van der Waals surface area contributed by atoms with Crippen molar-refractivity contribution in [3.63, 3.8) is 0 Å². The quantitative estimate of drug-likeness (QED) is 0.931. The number of pyridine rings is 1. The first kappa shape index (κ1) is 17.3. The normalized spacial score (nSPS) is 15.3. The Morgan fingerprint density at radius 2 is 1.96 bits per heavy atom. The van der Waals surface area contributed by atoms with Gasteiger partial charge >= 0.3 is 6.03 Å². The third-order valence-corrected chi connectivity index (χ3v) is 4.61. The molecule has 2 aromatic rings. The van der Waals surface area contributed by atoms with Crippen LogP contribution in [0.25, 0.3) is 0 Å². The average molecular weight is 342 g/mol. The van der Waals surface area contributed by atoms with Gasteiger partial charge in [-0.3, -0.25) is 4.68 Å². The molecule has 7 heteroatoms. The zero-order chi connectivity index (χ0) is 18.0. The maximum atomic E-state index is 12.6.